The van der Waals surface area contributed by atoms with E-state index < -0.39 is 11.6 Å². The molecule has 104 valence electrons. The number of hydrogen-bond acceptors (Lipinski definition) is 2. The van der Waals surface area contributed by atoms with Gasteiger partial charge in [0.05, 0.1) is 0 Å². The van der Waals surface area contributed by atoms with Gasteiger partial charge in [-0.3, -0.25) is 4.90 Å². The van der Waals surface area contributed by atoms with Crippen molar-refractivity contribution in [3.8, 4) is 0 Å². The van der Waals surface area contributed by atoms with Crippen molar-refractivity contribution in [3.05, 3.63) is 35.4 Å². The quantitative estimate of drug-likeness (QED) is 0.904. The second-order valence-corrected chi connectivity index (χ2v) is 5.88. The van der Waals surface area contributed by atoms with Crippen molar-refractivity contribution in [3.63, 3.8) is 0 Å². The largest absolute Gasteiger partial charge is 0.311 e. The van der Waals surface area contributed by atoms with E-state index in [4.69, 9.17) is 0 Å². The summed E-state index contributed by atoms with van der Waals surface area (Å²) in [6.07, 6.45) is 2.56. The van der Waals surface area contributed by atoms with E-state index in [1.807, 2.05) is 0 Å². The lowest BCUT2D eigenvalue weighted by Gasteiger charge is -2.39. The second kappa shape index (κ2) is 5.17. The molecule has 1 saturated carbocycles. The zero-order valence-corrected chi connectivity index (χ0v) is 11.2. The maximum atomic E-state index is 13.8. The van der Waals surface area contributed by atoms with E-state index in [1.54, 1.807) is 6.07 Å². The van der Waals surface area contributed by atoms with Crippen LogP contribution in [-0.2, 0) is 6.54 Å². The zero-order chi connectivity index (χ0) is 13.4. The van der Waals surface area contributed by atoms with Crippen LogP contribution < -0.4 is 5.32 Å². The first-order valence-corrected chi connectivity index (χ1v) is 7.05. The average Bonchev–Trinajstić information content (AvgIpc) is 3.17. The second-order valence-electron chi connectivity index (χ2n) is 5.88. The lowest BCUT2D eigenvalue weighted by molar-refractivity contribution is 0.111. The number of nitrogens with one attached hydrogen (secondary N) is 1. The summed E-state index contributed by atoms with van der Waals surface area (Å²) in [4.78, 5) is 2.36. The Balaban J connectivity index is 1.75. The van der Waals surface area contributed by atoms with Gasteiger partial charge >= 0.3 is 0 Å². The van der Waals surface area contributed by atoms with Gasteiger partial charge in [0.25, 0.3) is 0 Å². The molecule has 1 N–H and O–H groups in total. The third-order valence-corrected chi connectivity index (χ3v) is 4.21. The van der Waals surface area contributed by atoms with E-state index in [-0.39, 0.29) is 0 Å². The minimum absolute atomic E-state index is 0.429. The summed E-state index contributed by atoms with van der Waals surface area (Å²) < 4.78 is 26.7. The fourth-order valence-corrected chi connectivity index (χ4v) is 3.00. The molecule has 2 nitrogen and oxygen atoms in total. The van der Waals surface area contributed by atoms with Crippen LogP contribution in [0.15, 0.2) is 18.2 Å². The van der Waals surface area contributed by atoms with Gasteiger partial charge in [0.2, 0.25) is 0 Å². The molecule has 4 heteroatoms. The number of nitrogens with zero attached hydrogens (tertiary/aromatic N) is 1. The summed E-state index contributed by atoms with van der Waals surface area (Å²) in [5, 5.41) is 3.50. The van der Waals surface area contributed by atoms with Crippen LogP contribution >= 0.6 is 0 Å². The van der Waals surface area contributed by atoms with Crippen LogP contribution in [0, 0.1) is 17.6 Å². The van der Waals surface area contributed by atoms with Crippen molar-refractivity contribution in [2.24, 2.45) is 5.92 Å². The zero-order valence-electron chi connectivity index (χ0n) is 11.2. The van der Waals surface area contributed by atoms with Crippen molar-refractivity contribution < 1.29 is 8.78 Å². The molecular weight excluding hydrogens is 246 g/mol. The first-order chi connectivity index (χ1) is 9.13. The molecule has 1 saturated heterocycles. The highest BCUT2D eigenvalue weighted by molar-refractivity contribution is 5.19. The summed E-state index contributed by atoms with van der Waals surface area (Å²) in [5.41, 5.74) is 0.598. The van der Waals surface area contributed by atoms with E-state index in [1.165, 1.54) is 18.9 Å². The van der Waals surface area contributed by atoms with Gasteiger partial charge in [-0.2, -0.15) is 0 Å². The minimum atomic E-state index is -0.506. The predicted octanol–water partition coefficient (Wildman–Crippen LogP) is 2.54. The third-order valence-electron chi connectivity index (χ3n) is 4.21. The molecule has 0 spiro atoms. The Labute approximate surface area is 112 Å². The van der Waals surface area contributed by atoms with Crippen LogP contribution in [0.4, 0.5) is 8.78 Å². The van der Waals surface area contributed by atoms with Crippen molar-refractivity contribution in [2.45, 2.75) is 38.4 Å². The molecule has 3 rings (SSSR count). The molecule has 0 aromatic heterocycles. The molecule has 1 aliphatic heterocycles. The number of piperazine rings is 1. The Hall–Kier alpha value is -1.00. The van der Waals surface area contributed by atoms with Crippen molar-refractivity contribution in [1.29, 1.82) is 0 Å². The first-order valence-electron chi connectivity index (χ1n) is 7.05. The summed E-state index contributed by atoms with van der Waals surface area (Å²) >= 11 is 0. The van der Waals surface area contributed by atoms with E-state index in [0.717, 1.165) is 25.1 Å². The molecule has 1 aliphatic carbocycles. The van der Waals surface area contributed by atoms with Crippen LogP contribution in [0.25, 0.3) is 0 Å². The molecule has 2 aliphatic rings. The van der Waals surface area contributed by atoms with Gasteiger partial charge in [0.1, 0.15) is 11.6 Å². The molecule has 0 radical (unpaired) electrons. The monoisotopic (exact) mass is 266 g/mol. The predicted molar refractivity (Wildman–Crippen MR) is 70.7 cm³/mol. The van der Waals surface area contributed by atoms with Gasteiger partial charge in [0.15, 0.2) is 0 Å². The Bertz CT molecular complexity index is 459. The SMILES string of the molecule is CC1CN(Cc2ccc(F)cc2F)C(C2CC2)CN1. The molecule has 1 aromatic rings. The number of benzene rings is 1. The lowest BCUT2D eigenvalue weighted by Crippen LogP contribution is -2.55. The molecule has 0 amide bonds. The maximum Gasteiger partial charge on any atom is 0.130 e. The summed E-state index contributed by atoms with van der Waals surface area (Å²) in [7, 11) is 0. The van der Waals surface area contributed by atoms with Gasteiger partial charge in [-0.1, -0.05) is 6.07 Å². The van der Waals surface area contributed by atoms with Gasteiger partial charge in [-0.15, -0.1) is 0 Å². The molecule has 19 heavy (non-hydrogen) atoms. The smallest absolute Gasteiger partial charge is 0.130 e. The molecule has 0 bridgehead atoms. The molecule has 1 heterocycles. The van der Waals surface area contributed by atoms with Crippen molar-refractivity contribution in [1.82, 2.24) is 10.2 Å². The molecule has 2 atom stereocenters. The van der Waals surface area contributed by atoms with Gasteiger partial charge in [-0.05, 0) is 31.7 Å². The Kier molecular flexibility index (Phi) is 3.54. The topological polar surface area (TPSA) is 15.3 Å². The normalized spacial score (nSPS) is 28.6. The molecule has 1 aromatic carbocycles. The number of halogens is 2. The molecular formula is C15H20F2N2. The lowest BCUT2D eigenvalue weighted by atomic mass is 10.0. The van der Waals surface area contributed by atoms with Crippen LogP contribution in [0.5, 0.6) is 0 Å². The Morgan fingerprint density at radius 2 is 2.11 bits per heavy atom. The van der Waals surface area contributed by atoms with Crippen LogP contribution in [0.2, 0.25) is 0 Å². The van der Waals surface area contributed by atoms with Crippen molar-refractivity contribution >= 4 is 0 Å². The van der Waals surface area contributed by atoms with Gasteiger partial charge in [-0.25, -0.2) is 8.78 Å². The average molecular weight is 266 g/mol. The highest BCUT2D eigenvalue weighted by atomic mass is 19.1. The minimum Gasteiger partial charge on any atom is -0.311 e. The highest BCUT2D eigenvalue weighted by Gasteiger charge is 2.38. The fraction of sp³-hybridized carbons (Fsp3) is 0.600. The summed E-state index contributed by atoms with van der Waals surface area (Å²) in [5.74, 6) is -0.182. The van der Waals surface area contributed by atoms with E-state index in [0.29, 0.717) is 24.2 Å². The van der Waals surface area contributed by atoms with Gasteiger partial charge in [0, 0.05) is 43.3 Å². The van der Waals surface area contributed by atoms with E-state index >= 15 is 0 Å². The first kappa shape index (κ1) is 13.0. The van der Waals surface area contributed by atoms with Crippen LogP contribution in [0.3, 0.4) is 0 Å². The van der Waals surface area contributed by atoms with Gasteiger partial charge < -0.3 is 5.32 Å². The number of rotatable bonds is 3. The maximum absolute atomic E-state index is 13.8. The number of hydrogen-bond donors (Lipinski definition) is 1. The van der Waals surface area contributed by atoms with Crippen LogP contribution in [-0.4, -0.2) is 30.1 Å². The highest BCUT2D eigenvalue weighted by Crippen LogP contribution is 2.36. The standard InChI is InChI=1S/C15H20F2N2/c1-10-8-19(15(7-18-10)11-2-3-11)9-12-4-5-13(16)6-14(12)17/h4-6,10-11,15,18H,2-3,7-9H2,1H3. The Morgan fingerprint density at radius 3 is 2.79 bits per heavy atom. The summed E-state index contributed by atoms with van der Waals surface area (Å²) in [6, 6.07) is 4.82. The molecule has 2 fully saturated rings. The fourth-order valence-electron chi connectivity index (χ4n) is 3.00. The molecule has 2 unspecified atom stereocenters. The van der Waals surface area contributed by atoms with E-state index in [2.05, 4.69) is 17.1 Å². The third kappa shape index (κ3) is 2.95. The Morgan fingerprint density at radius 1 is 1.32 bits per heavy atom. The van der Waals surface area contributed by atoms with E-state index in [9.17, 15) is 8.78 Å². The van der Waals surface area contributed by atoms with Crippen molar-refractivity contribution in [2.75, 3.05) is 13.1 Å². The van der Waals surface area contributed by atoms with Crippen LogP contribution in [0.1, 0.15) is 25.3 Å². The summed E-state index contributed by atoms with van der Waals surface area (Å²) in [6.45, 7) is 4.64.